The van der Waals surface area contributed by atoms with Gasteiger partial charge in [-0.05, 0) is 19.8 Å². The molecule has 0 spiro atoms. The van der Waals surface area contributed by atoms with Crippen LogP contribution in [0.2, 0.25) is 0 Å². The molecule has 0 bridgehead atoms. The van der Waals surface area contributed by atoms with Crippen molar-refractivity contribution in [2.24, 2.45) is 17.3 Å². The van der Waals surface area contributed by atoms with Crippen LogP contribution in [0.5, 0.6) is 0 Å². The van der Waals surface area contributed by atoms with E-state index in [0.717, 1.165) is 18.5 Å². The summed E-state index contributed by atoms with van der Waals surface area (Å²) in [5.74, 6) is 0.176. The van der Waals surface area contributed by atoms with Crippen molar-refractivity contribution in [2.75, 3.05) is 32.8 Å². The lowest BCUT2D eigenvalue weighted by Gasteiger charge is -2.28. The van der Waals surface area contributed by atoms with Crippen molar-refractivity contribution in [3.05, 3.63) is 35.9 Å². The summed E-state index contributed by atoms with van der Waals surface area (Å²) >= 11 is 0. The van der Waals surface area contributed by atoms with Gasteiger partial charge in [-0.1, -0.05) is 12.2 Å². The van der Waals surface area contributed by atoms with Crippen LogP contribution in [0.3, 0.4) is 0 Å². The summed E-state index contributed by atoms with van der Waals surface area (Å²) in [6, 6.07) is 0. The first-order valence-corrected chi connectivity index (χ1v) is 9.15. The Labute approximate surface area is 152 Å². The molecule has 2 saturated heterocycles. The van der Waals surface area contributed by atoms with Gasteiger partial charge in [0.05, 0.1) is 18.5 Å². The van der Waals surface area contributed by atoms with E-state index in [9.17, 15) is 14.7 Å². The third-order valence-corrected chi connectivity index (χ3v) is 6.03. The molecule has 7 nitrogen and oxygen atoms in total. The van der Waals surface area contributed by atoms with E-state index in [2.05, 4.69) is 22.1 Å². The molecule has 1 N–H and O–H groups in total. The number of rotatable bonds is 3. The van der Waals surface area contributed by atoms with Crippen LogP contribution in [0.15, 0.2) is 24.5 Å². The second kappa shape index (κ2) is 6.46. The molecule has 2 aliphatic heterocycles. The maximum Gasteiger partial charge on any atom is 0.274 e. The Hall–Kier alpha value is -2.28. The Kier molecular flexibility index (Phi) is 4.26. The molecule has 2 amide bonds. The van der Waals surface area contributed by atoms with Crippen molar-refractivity contribution >= 4 is 11.8 Å². The lowest BCUT2D eigenvalue weighted by Crippen LogP contribution is -2.42. The molecular weight excluding hydrogens is 332 g/mol. The number of aryl methyl sites for hydroxylation is 1. The fourth-order valence-electron chi connectivity index (χ4n) is 4.47. The molecule has 2 atom stereocenters. The Morgan fingerprint density at radius 2 is 1.85 bits per heavy atom. The van der Waals surface area contributed by atoms with Gasteiger partial charge in [-0.3, -0.25) is 14.6 Å². The van der Waals surface area contributed by atoms with Crippen LogP contribution < -0.4 is 0 Å². The summed E-state index contributed by atoms with van der Waals surface area (Å²) in [6.07, 6.45) is 8.82. The number of aromatic nitrogens is 2. The van der Waals surface area contributed by atoms with E-state index >= 15 is 0 Å². The number of carbonyl (C=O) groups is 2. The van der Waals surface area contributed by atoms with Gasteiger partial charge in [-0.2, -0.15) is 0 Å². The Morgan fingerprint density at radius 3 is 2.46 bits per heavy atom. The van der Waals surface area contributed by atoms with E-state index in [0.29, 0.717) is 31.9 Å². The van der Waals surface area contributed by atoms with Crippen LogP contribution in [0, 0.1) is 24.2 Å². The largest absolute Gasteiger partial charge is 0.396 e. The minimum atomic E-state index is -0.421. The molecule has 138 valence electrons. The molecule has 2 fully saturated rings. The summed E-state index contributed by atoms with van der Waals surface area (Å²) in [6.45, 7) is 3.93. The SMILES string of the molecule is Cc1cnc(C(=O)N2C[C@@H]3CN(C(=O)C4CC=CC4)C[C@]3(CO)C2)cn1. The van der Waals surface area contributed by atoms with Gasteiger partial charge in [-0.25, -0.2) is 4.98 Å². The highest BCUT2D eigenvalue weighted by Crippen LogP contribution is 2.43. The van der Waals surface area contributed by atoms with Crippen LogP contribution >= 0.6 is 0 Å². The lowest BCUT2D eigenvalue weighted by molar-refractivity contribution is -0.134. The van der Waals surface area contributed by atoms with E-state index in [1.807, 2.05) is 11.8 Å². The molecule has 0 unspecified atom stereocenters. The van der Waals surface area contributed by atoms with Gasteiger partial charge >= 0.3 is 0 Å². The quantitative estimate of drug-likeness (QED) is 0.804. The highest BCUT2D eigenvalue weighted by atomic mass is 16.3. The van der Waals surface area contributed by atoms with E-state index in [1.54, 1.807) is 11.1 Å². The molecule has 1 aliphatic carbocycles. The molecule has 7 heteroatoms. The van der Waals surface area contributed by atoms with Crippen molar-refractivity contribution in [1.82, 2.24) is 19.8 Å². The predicted molar refractivity (Wildman–Crippen MR) is 94.1 cm³/mol. The molecule has 1 aromatic rings. The van der Waals surface area contributed by atoms with E-state index in [4.69, 9.17) is 0 Å². The van der Waals surface area contributed by atoms with Crippen molar-refractivity contribution in [2.45, 2.75) is 19.8 Å². The Balaban J connectivity index is 1.46. The molecule has 0 aromatic carbocycles. The van der Waals surface area contributed by atoms with Gasteiger partial charge in [-0.15, -0.1) is 0 Å². The normalized spacial score (nSPS) is 28.0. The second-order valence-corrected chi connectivity index (χ2v) is 7.80. The molecule has 0 radical (unpaired) electrons. The maximum atomic E-state index is 12.7. The van der Waals surface area contributed by atoms with Crippen LogP contribution in [-0.4, -0.2) is 69.5 Å². The van der Waals surface area contributed by atoms with Gasteiger partial charge in [0.15, 0.2) is 0 Å². The Bertz CT molecular complexity index is 740. The van der Waals surface area contributed by atoms with Crippen LogP contribution in [0.25, 0.3) is 0 Å². The smallest absolute Gasteiger partial charge is 0.274 e. The molecule has 3 heterocycles. The first-order chi connectivity index (χ1) is 12.5. The van der Waals surface area contributed by atoms with Gasteiger partial charge in [0.2, 0.25) is 5.91 Å². The number of aliphatic hydroxyl groups is 1. The zero-order valence-corrected chi connectivity index (χ0v) is 15.0. The third-order valence-electron chi connectivity index (χ3n) is 6.03. The lowest BCUT2D eigenvalue weighted by atomic mass is 9.82. The highest BCUT2D eigenvalue weighted by Gasteiger charge is 2.54. The molecule has 1 aromatic heterocycles. The minimum absolute atomic E-state index is 0.0201. The van der Waals surface area contributed by atoms with Crippen LogP contribution in [0.1, 0.15) is 29.0 Å². The number of likely N-dealkylation sites (tertiary alicyclic amines) is 2. The highest BCUT2D eigenvalue weighted by molar-refractivity contribution is 5.92. The Morgan fingerprint density at radius 1 is 1.15 bits per heavy atom. The number of amides is 2. The van der Waals surface area contributed by atoms with E-state index < -0.39 is 5.41 Å². The average Bonchev–Trinajstić information content (AvgIpc) is 3.35. The average molecular weight is 356 g/mol. The second-order valence-electron chi connectivity index (χ2n) is 7.80. The maximum absolute atomic E-state index is 12.7. The standard InChI is InChI=1S/C19H24N4O3/c1-13-6-21-16(7-20-13)18(26)23-9-15-8-22(10-19(15,11-23)12-24)17(25)14-4-2-3-5-14/h2-3,6-7,14-15,24H,4-5,8-12H2,1H3/t15-,19+/m0/s1. The van der Waals surface area contributed by atoms with Gasteiger partial charge < -0.3 is 14.9 Å². The van der Waals surface area contributed by atoms with E-state index in [1.165, 1.54) is 6.20 Å². The van der Waals surface area contributed by atoms with Gasteiger partial charge in [0, 0.05) is 49.6 Å². The van der Waals surface area contributed by atoms with Crippen LogP contribution in [0.4, 0.5) is 0 Å². The van der Waals surface area contributed by atoms with Crippen molar-refractivity contribution in [3.63, 3.8) is 0 Å². The molecule has 26 heavy (non-hydrogen) atoms. The summed E-state index contributed by atoms with van der Waals surface area (Å²) in [7, 11) is 0. The fraction of sp³-hybridized carbons (Fsp3) is 0.579. The predicted octanol–water partition coefficient (Wildman–Crippen LogP) is 0.644. The zero-order chi connectivity index (χ0) is 18.3. The molecule has 4 rings (SSSR count). The zero-order valence-electron chi connectivity index (χ0n) is 15.0. The van der Waals surface area contributed by atoms with Gasteiger partial charge in [0.1, 0.15) is 5.69 Å². The number of carbonyl (C=O) groups excluding carboxylic acids is 2. The number of allylic oxidation sites excluding steroid dienone is 2. The van der Waals surface area contributed by atoms with Crippen molar-refractivity contribution in [1.29, 1.82) is 0 Å². The molecule has 0 saturated carbocycles. The monoisotopic (exact) mass is 356 g/mol. The first-order valence-electron chi connectivity index (χ1n) is 9.15. The van der Waals surface area contributed by atoms with Crippen LogP contribution in [-0.2, 0) is 4.79 Å². The number of hydrogen-bond acceptors (Lipinski definition) is 5. The molecule has 3 aliphatic rings. The van der Waals surface area contributed by atoms with Crippen molar-refractivity contribution < 1.29 is 14.7 Å². The number of nitrogens with zero attached hydrogens (tertiary/aromatic N) is 4. The topological polar surface area (TPSA) is 86.6 Å². The fourth-order valence-corrected chi connectivity index (χ4v) is 4.47. The molecular formula is C19H24N4O3. The summed E-state index contributed by atoms with van der Waals surface area (Å²) in [5, 5.41) is 10.1. The van der Waals surface area contributed by atoms with Gasteiger partial charge in [0.25, 0.3) is 5.91 Å². The third kappa shape index (κ3) is 2.80. The summed E-state index contributed by atoms with van der Waals surface area (Å²) in [4.78, 5) is 37.4. The van der Waals surface area contributed by atoms with E-state index in [-0.39, 0.29) is 30.3 Å². The number of aliphatic hydroxyl groups excluding tert-OH is 1. The number of hydrogen-bond donors (Lipinski definition) is 1. The van der Waals surface area contributed by atoms with Crippen molar-refractivity contribution in [3.8, 4) is 0 Å². The first kappa shape index (κ1) is 17.1. The summed E-state index contributed by atoms with van der Waals surface area (Å²) < 4.78 is 0. The number of fused-ring (bicyclic) bond motifs is 1. The minimum Gasteiger partial charge on any atom is -0.396 e. The summed E-state index contributed by atoms with van der Waals surface area (Å²) in [5.41, 5.74) is 0.672.